The third-order valence-electron chi connectivity index (χ3n) is 2.37. The van der Waals surface area contributed by atoms with Crippen LogP contribution in [-0.2, 0) is 11.3 Å². The molecule has 0 spiro atoms. The summed E-state index contributed by atoms with van der Waals surface area (Å²) in [6.45, 7) is 2.80. The summed E-state index contributed by atoms with van der Waals surface area (Å²) < 4.78 is 5.11. The summed E-state index contributed by atoms with van der Waals surface area (Å²) >= 11 is 0. The number of aryl methyl sites for hydroxylation is 1. The molecule has 0 atom stereocenters. The standard InChI is InChI=1S/C13H14O/c1-10-3-5-12-6-4-11(9-14-2)8-13(12)7-10/h3-8H,9H2,1-2H3. The molecule has 0 fully saturated rings. The maximum absolute atomic E-state index is 5.11. The molecule has 14 heavy (non-hydrogen) atoms. The summed E-state index contributed by atoms with van der Waals surface area (Å²) in [7, 11) is 1.72. The molecule has 0 aromatic heterocycles. The van der Waals surface area contributed by atoms with Crippen molar-refractivity contribution in [1.29, 1.82) is 0 Å². The van der Waals surface area contributed by atoms with Gasteiger partial charge in [-0.2, -0.15) is 0 Å². The van der Waals surface area contributed by atoms with Gasteiger partial charge in [-0.05, 0) is 29.3 Å². The Morgan fingerprint density at radius 1 is 1.00 bits per heavy atom. The second kappa shape index (κ2) is 3.81. The van der Waals surface area contributed by atoms with Crippen molar-refractivity contribution in [2.24, 2.45) is 0 Å². The maximum atomic E-state index is 5.11. The molecule has 2 rings (SSSR count). The van der Waals surface area contributed by atoms with Crippen molar-refractivity contribution >= 4 is 10.8 Å². The fraction of sp³-hybridized carbons (Fsp3) is 0.231. The van der Waals surface area contributed by atoms with E-state index >= 15 is 0 Å². The third kappa shape index (κ3) is 1.78. The number of rotatable bonds is 2. The molecule has 0 aliphatic heterocycles. The molecular formula is C13H14O. The van der Waals surface area contributed by atoms with Gasteiger partial charge >= 0.3 is 0 Å². The summed E-state index contributed by atoms with van der Waals surface area (Å²) in [5.41, 5.74) is 2.53. The van der Waals surface area contributed by atoms with Crippen LogP contribution in [0.3, 0.4) is 0 Å². The Kier molecular flexibility index (Phi) is 2.51. The molecule has 1 heteroatoms. The molecule has 2 aromatic carbocycles. The van der Waals surface area contributed by atoms with E-state index in [1.165, 1.54) is 21.9 Å². The predicted octanol–water partition coefficient (Wildman–Crippen LogP) is 3.29. The number of ether oxygens (including phenoxy) is 1. The van der Waals surface area contributed by atoms with Crippen LogP contribution in [0.2, 0.25) is 0 Å². The molecule has 0 heterocycles. The first-order valence-electron chi connectivity index (χ1n) is 4.78. The van der Waals surface area contributed by atoms with Gasteiger partial charge in [-0.1, -0.05) is 35.9 Å². The average molecular weight is 186 g/mol. The molecule has 1 nitrogen and oxygen atoms in total. The Balaban J connectivity index is 2.52. The fourth-order valence-corrected chi connectivity index (χ4v) is 1.67. The first-order valence-corrected chi connectivity index (χ1v) is 4.78. The molecular weight excluding hydrogens is 172 g/mol. The quantitative estimate of drug-likeness (QED) is 0.699. The summed E-state index contributed by atoms with van der Waals surface area (Å²) in [6.07, 6.45) is 0. The minimum atomic E-state index is 0.684. The van der Waals surface area contributed by atoms with Crippen LogP contribution in [0.5, 0.6) is 0 Å². The van der Waals surface area contributed by atoms with E-state index < -0.39 is 0 Å². The highest BCUT2D eigenvalue weighted by atomic mass is 16.5. The normalized spacial score (nSPS) is 10.7. The lowest BCUT2D eigenvalue weighted by Gasteiger charge is -2.03. The zero-order valence-corrected chi connectivity index (χ0v) is 8.58. The van der Waals surface area contributed by atoms with E-state index in [1.807, 2.05) is 0 Å². The Hall–Kier alpha value is -1.34. The Bertz CT molecular complexity index is 446. The van der Waals surface area contributed by atoms with Gasteiger partial charge in [0, 0.05) is 7.11 Å². The summed E-state index contributed by atoms with van der Waals surface area (Å²) in [5, 5.41) is 2.58. The molecule has 0 saturated heterocycles. The molecule has 0 bridgehead atoms. The van der Waals surface area contributed by atoms with E-state index in [4.69, 9.17) is 4.74 Å². The highest BCUT2D eigenvalue weighted by Crippen LogP contribution is 2.17. The molecule has 0 amide bonds. The van der Waals surface area contributed by atoms with Gasteiger partial charge in [0.25, 0.3) is 0 Å². The van der Waals surface area contributed by atoms with Crippen LogP contribution in [0.4, 0.5) is 0 Å². The zero-order valence-electron chi connectivity index (χ0n) is 8.58. The monoisotopic (exact) mass is 186 g/mol. The molecule has 0 N–H and O–H groups in total. The van der Waals surface area contributed by atoms with Crippen molar-refractivity contribution in [3.05, 3.63) is 47.5 Å². The number of fused-ring (bicyclic) bond motifs is 1. The van der Waals surface area contributed by atoms with Crippen molar-refractivity contribution in [2.75, 3.05) is 7.11 Å². The highest BCUT2D eigenvalue weighted by molar-refractivity contribution is 5.83. The van der Waals surface area contributed by atoms with Crippen molar-refractivity contribution in [2.45, 2.75) is 13.5 Å². The smallest absolute Gasteiger partial charge is 0.0713 e. The van der Waals surface area contributed by atoms with Gasteiger partial charge in [0.2, 0.25) is 0 Å². The van der Waals surface area contributed by atoms with Gasteiger partial charge in [-0.3, -0.25) is 0 Å². The molecule has 0 saturated carbocycles. The summed E-state index contributed by atoms with van der Waals surface area (Å²) in [6, 6.07) is 12.9. The van der Waals surface area contributed by atoms with Gasteiger partial charge in [0.05, 0.1) is 6.61 Å². The van der Waals surface area contributed by atoms with E-state index in [-0.39, 0.29) is 0 Å². The first-order chi connectivity index (χ1) is 6.79. The van der Waals surface area contributed by atoms with Gasteiger partial charge in [-0.25, -0.2) is 0 Å². The van der Waals surface area contributed by atoms with Crippen LogP contribution in [0, 0.1) is 6.92 Å². The Morgan fingerprint density at radius 3 is 2.57 bits per heavy atom. The number of hydrogen-bond donors (Lipinski definition) is 0. The Morgan fingerprint density at radius 2 is 1.79 bits per heavy atom. The van der Waals surface area contributed by atoms with Crippen molar-refractivity contribution in [1.82, 2.24) is 0 Å². The largest absolute Gasteiger partial charge is 0.380 e. The lowest BCUT2D eigenvalue weighted by Crippen LogP contribution is -1.87. The van der Waals surface area contributed by atoms with Crippen molar-refractivity contribution in [3.63, 3.8) is 0 Å². The Labute approximate surface area is 84.3 Å². The van der Waals surface area contributed by atoms with Crippen molar-refractivity contribution in [3.8, 4) is 0 Å². The third-order valence-corrected chi connectivity index (χ3v) is 2.37. The van der Waals surface area contributed by atoms with Crippen LogP contribution < -0.4 is 0 Å². The van der Waals surface area contributed by atoms with E-state index in [0.29, 0.717) is 6.61 Å². The highest BCUT2D eigenvalue weighted by Gasteiger charge is 1.96. The number of hydrogen-bond acceptors (Lipinski definition) is 1. The fourth-order valence-electron chi connectivity index (χ4n) is 1.67. The van der Waals surface area contributed by atoms with Crippen LogP contribution in [0.15, 0.2) is 36.4 Å². The number of benzene rings is 2. The number of methoxy groups -OCH3 is 1. The second-order valence-electron chi connectivity index (χ2n) is 3.62. The molecule has 0 aliphatic carbocycles. The van der Waals surface area contributed by atoms with E-state index in [0.717, 1.165) is 0 Å². The van der Waals surface area contributed by atoms with Crippen molar-refractivity contribution < 1.29 is 4.74 Å². The van der Waals surface area contributed by atoms with E-state index in [2.05, 4.69) is 43.3 Å². The molecule has 0 aliphatic rings. The zero-order chi connectivity index (χ0) is 9.97. The minimum Gasteiger partial charge on any atom is -0.380 e. The van der Waals surface area contributed by atoms with E-state index in [9.17, 15) is 0 Å². The van der Waals surface area contributed by atoms with Gasteiger partial charge in [0.15, 0.2) is 0 Å². The van der Waals surface area contributed by atoms with Crippen LogP contribution in [-0.4, -0.2) is 7.11 Å². The van der Waals surface area contributed by atoms with Gasteiger partial charge < -0.3 is 4.74 Å². The maximum Gasteiger partial charge on any atom is 0.0713 e. The molecule has 0 unspecified atom stereocenters. The SMILES string of the molecule is COCc1ccc2ccc(C)cc2c1. The second-order valence-corrected chi connectivity index (χ2v) is 3.62. The average Bonchev–Trinajstić information content (AvgIpc) is 2.17. The molecule has 72 valence electrons. The molecule has 0 radical (unpaired) electrons. The van der Waals surface area contributed by atoms with E-state index in [1.54, 1.807) is 7.11 Å². The summed E-state index contributed by atoms with van der Waals surface area (Å²) in [5.74, 6) is 0. The lowest BCUT2D eigenvalue weighted by molar-refractivity contribution is 0.185. The van der Waals surface area contributed by atoms with Crippen LogP contribution in [0.1, 0.15) is 11.1 Å². The van der Waals surface area contributed by atoms with Crippen LogP contribution >= 0.6 is 0 Å². The van der Waals surface area contributed by atoms with Gasteiger partial charge in [0.1, 0.15) is 0 Å². The minimum absolute atomic E-state index is 0.684. The molecule has 2 aromatic rings. The topological polar surface area (TPSA) is 9.23 Å². The lowest BCUT2D eigenvalue weighted by atomic mass is 10.1. The van der Waals surface area contributed by atoms with Crippen LogP contribution in [0.25, 0.3) is 10.8 Å². The van der Waals surface area contributed by atoms with Gasteiger partial charge in [-0.15, -0.1) is 0 Å². The first kappa shape index (κ1) is 9.22. The summed E-state index contributed by atoms with van der Waals surface area (Å²) in [4.78, 5) is 0. The predicted molar refractivity (Wildman–Crippen MR) is 59.4 cm³/mol.